The molecule has 0 aliphatic rings. The lowest BCUT2D eigenvalue weighted by molar-refractivity contribution is 0.296. The van der Waals surface area contributed by atoms with E-state index in [-0.39, 0.29) is 0 Å². The number of aromatic nitrogens is 1. The topological polar surface area (TPSA) is 14.2 Å². The van der Waals surface area contributed by atoms with Crippen LogP contribution in [0.4, 0.5) is 0 Å². The highest BCUT2D eigenvalue weighted by Crippen LogP contribution is 2.23. The van der Waals surface area contributed by atoms with Crippen LogP contribution in [0.2, 0.25) is 0 Å². The van der Waals surface area contributed by atoms with E-state index in [9.17, 15) is 0 Å². The van der Waals surface area contributed by atoms with Crippen LogP contribution >= 0.6 is 0 Å². The van der Waals surface area contributed by atoms with E-state index in [1.165, 1.54) is 27.7 Å². The van der Waals surface area contributed by atoms with Crippen molar-refractivity contribution in [3.8, 4) is 5.75 Å². The molecule has 0 saturated heterocycles. The standard InChI is InChI=1S/C19H21NO/c1-4-20-17(12-16-11-15(3)7-10-19(16)20)13-21-18-8-5-14(2)6-9-18/h5-12H,4,13H2,1-3H3. The van der Waals surface area contributed by atoms with Gasteiger partial charge in [0, 0.05) is 17.4 Å². The van der Waals surface area contributed by atoms with Crippen molar-refractivity contribution < 1.29 is 4.74 Å². The van der Waals surface area contributed by atoms with E-state index in [4.69, 9.17) is 4.74 Å². The number of hydrogen-bond donors (Lipinski definition) is 0. The molecule has 108 valence electrons. The predicted molar refractivity (Wildman–Crippen MR) is 87.9 cm³/mol. The number of fused-ring (bicyclic) bond motifs is 1. The quantitative estimate of drug-likeness (QED) is 0.665. The van der Waals surface area contributed by atoms with Gasteiger partial charge in [-0.25, -0.2) is 0 Å². The maximum absolute atomic E-state index is 5.93. The number of aryl methyl sites for hydroxylation is 3. The van der Waals surface area contributed by atoms with E-state index in [1.54, 1.807) is 0 Å². The fraction of sp³-hybridized carbons (Fsp3) is 0.263. The van der Waals surface area contributed by atoms with Crippen LogP contribution in [0.25, 0.3) is 10.9 Å². The zero-order chi connectivity index (χ0) is 14.8. The highest BCUT2D eigenvalue weighted by molar-refractivity contribution is 5.82. The molecule has 1 heterocycles. The van der Waals surface area contributed by atoms with E-state index >= 15 is 0 Å². The van der Waals surface area contributed by atoms with Gasteiger partial charge in [0.2, 0.25) is 0 Å². The summed E-state index contributed by atoms with van der Waals surface area (Å²) in [6.45, 7) is 7.95. The maximum Gasteiger partial charge on any atom is 0.128 e. The molecule has 0 atom stereocenters. The third-order valence-electron chi connectivity index (χ3n) is 3.87. The second kappa shape index (κ2) is 5.65. The molecule has 0 aliphatic carbocycles. The third kappa shape index (κ3) is 2.80. The SMILES string of the molecule is CCn1c(COc2ccc(C)cc2)cc2cc(C)ccc21. The van der Waals surface area contributed by atoms with Gasteiger partial charge in [-0.1, -0.05) is 29.3 Å². The summed E-state index contributed by atoms with van der Waals surface area (Å²) in [5, 5.41) is 1.29. The number of ether oxygens (including phenoxy) is 1. The molecule has 2 heteroatoms. The van der Waals surface area contributed by atoms with Crippen molar-refractivity contribution in [1.29, 1.82) is 0 Å². The summed E-state index contributed by atoms with van der Waals surface area (Å²) in [7, 11) is 0. The highest BCUT2D eigenvalue weighted by Gasteiger charge is 2.08. The number of benzene rings is 2. The van der Waals surface area contributed by atoms with Gasteiger partial charge in [-0.05, 0) is 51.1 Å². The summed E-state index contributed by atoms with van der Waals surface area (Å²) in [5.74, 6) is 0.921. The molecule has 0 N–H and O–H groups in total. The molecule has 0 radical (unpaired) electrons. The van der Waals surface area contributed by atoms with E-state index in [2.05, 4.69) is 61.7 Å². The summed E-state index contributed by atoms with van der Waals surface area (Å²) < 4.78 is 8.25. The molecule has 0 spiro atoms. The second-order valence-corrected chi connectivity index (χ2v) is 5.54. The Morgan fingerprint density at radius 2 is 1.62 bits per heavy atom. The van der Waals surface area contributed by atoms with Crippen LogP contribution in [0.5, 0.6) is 5.75 Å². The van der Waals surface area contributed by atoms with Crippen LogP contribution in [0, 0.1) is 13.8 Å². The second-order valence-electron chi connectivity index (χ2n) is 5.54. The largest absolute Gasteiger partial charge is 0.487 e. The summed E-state index contributed by atoms with van der Waals surface area (Å²) in [6.07, 6.45) is 0. The molecule has 0 aliphatic heterocycles. The minimum atomic E-state index is 0.602. The lowest BCUT2D eigenvalue weighted by Gasteiger charge is -2.10. The molecule has 1 aromatic heterocycles. The molecule has 3 aromatic rings. The molecule has 0 amide bonds. The van der Waals surface area contributed by atoms with Crippen molar-refractivity contribution in [3.05, 3.63) is 65.4 Å². The lowest BCUT2D eigenvalue weighted by atomic mass is 10.2. The molecule has 0 unspecified atom stereocenters. The van der Waals surface area contributed by atoms with Crippen molar-refractivity contribution in [2.45, 2.75) is 33.9 Å². The Hall–Kier alpha value is -2.22. The molecule has 0 fully saturated rings. The summed E-state index contributed by atoms with van der Waals surface area (Å²) in [5.41, 5.74) is 5.05. The molecule has 2 aromatic carbocycles. The Morgan fingerprint density at radius 1 is 0.905 bits per heavy atom. The van der Waals surface area contributed by atoms with Crippen LogP contribution in [-0.4, -0.2) is 4.57 Å². The fourth-order valence-electron chi connectivity index (χ4n) is 2.73. The van der Waals surface area contributed by atoms with Crippen LogP contribution in [0.3, 0.4) is 0 Å². The van der Waals surface area contributed by atoms with Gasteiger partial charge in [0.1, 0.15) is 12.4 Å². The predicted octanol–water partition coefficient (Wildman–Crippen LogP) is 4.86. The molecule has 21 heavy (non-hydrogen) atoms. The van der Waals surface area contributed by atoms with Crippen LogP contribution < -0.4 is 4.74 Å². The van der Waals surface area contributed by atoms with Crippen molar-refractivity contribution in [1.82, 2.24) is 4.57 Å². The van der Waals surface area contributed by atoms with Gasteiger partial charge in [0.05, 0.1) is 5.69 Å². The Bertz CT molecular complexity index is 753. The first-order valence-corrected chi connectivity index (χ1v) is 7.45. The number of hydrogen-bond acceptors (Lipinski definition) is 1. The smallest absolute Gasteiger partial charge is 0.128 e. The molecule has 2 nitrogen and oxygen atoms in total. The Kier molecular flexibility index (Phi) is 3.70. The number of rotatable bonds is 4. The van der Waals surface area contributed by atoms with Gasteiger partial charge >= 0.3 is 0 Å². The minimum absolute atomic E-state index is 0.602. The first-order chi connectivity index (χ1) is 10.2. The van der Waals surface area contributed by atoms with Crippen molar-refractivity contribution in [3.63, 3.8) is 0 Å². The molecule has 3 rings (SSSR count). The van der Waals surface area contributed by atoms with Gasteiger partial charge < -0.3 is 9.30 Å². The lowest BCUT2D eigenvalue weighted by Crippen LogP contribution is -2.04. The monoisotopic (exact) mass is 279 g/mol. The van der Waals surface area contributed by atoms with Crippen LogP contribution in [-0.2, 0) is 13.2 Å². The number of nitrogens with zero attached hydrogens (tertiary/aromatic N) is 1. The average Bonchev–Trinajstić information content (AvgIpc) is 2.83. The van der Waals surface area contributed by atoms with Crippen LogP contribution in [0.1, 0.15) is 23.7 Å². The van der Waals surface area contributed by atoms with E-state index in [1.807, 2.05) is 12.1 Å². The molecular weight excluding hydrogens is 258 g/mol. The van der Waals surface area contributed by atoms with Crippen molar-refractivity contribution >= 4 is 10.9 Å². The van der Waals surface area contributed by atoms with Crippen molar-refractivity contribution in [2.24, 2.45) is 0 Å². The maximum atomic E-state index is 5.93. The Morgan fingerprint density at radius 3 is 2.33 bits per heavy atom. The van der Waals surface area contributed by atoms with Gasteiger partial charge in [0.15, 0.2) is 0 Å². The van der Waals surface area contributed by atoms with Gasteiger partial charge in [-0.2, -0.15) is 0 Å². The molecule has 0 saturated carbocycles. The average molecular weight is 279 g/mol. The summed E-state index contributed by atoms with van der Waals surface area (Å²) >= 11 is 0. The van der Waals surface area contributed by atoms with E-state index < -0.39 is 0 Å². The minimum Gasteiger partial charge on any atom is -0.487 e. The van der Waals surface area contributed by atoms with Gasteiger partial charge in [0.25, 0.3) is 0 Å². The normalized spacial score (nSPS) is 11.0. The van der Waals surface area contributed by atoms with Gasteiger partial charge in [-0.3, -0.25) is 0 Å². The van der Waals surface area contributed by atoms with Crippen molar-refractivity contribution in [2.75, 3.05) is 0 Å². The first-order valence-electron chi connectivity index (χ1n) is 7.45. The Labute approximate surface area is 126 Å². The zero-order valence-electron chi connectivity index (χ0n) is 12.9. The zero-order valence-corrected chi connectivity index (χ0v) is 12.9. The Balaban J connectivity index is 1.87. The molecule has 0 bridgehead atoms. The fourth-order valence-corrected chi connectivity index (χ4v) is 2.73. The van der Waals surface area contributed by atoms with Crippen LogP contribution in [0.15, 0.2) is 48.5 Å². The van der Waals surface area contributed by atoms with E-state index in [0.29, 0.717) is 6.61 Å². The summed E-state index contributed by atoms with van der Waals surface area (Å²) in [6, 6.07) is 17.0. The highest BCUT2D eigenvalue weighted by atomic mass is 16.5. The summed E-state index contributed by atoms with van der Waals surface area (Å²) in [4.78, 5) is 0. The third-order valence-corrected chi connectivity index (χ3v) is 3.87. The first kappa shape index (κ1) is 13.7. The molecular formula is C19H21NO. The van der Waals surface area contributed by atoms with Gasteiger partial charge in [-0.15, -0.1) is 0 Å². The van der Waals surface area contributed by atoms with E-state index in [0.717, 1.165) is 12.3 Å².